The lowest BCUT2D eigenvalue weighted by Crippen LogP contribution is -2.54. The smallest absolute Gasteiger partial charge is 0.110 e. The van der Waals surface area contributed by atoms with Crippen LogP contribution in [0.3, 0.4) is 0 Å². The molecule has 0 rings (SSSR count). The van der Waals surface area contributed by atoms with Gasteiger partial charge in [0.15, 0.2) is 0 Å². The average Bonchev–Trinajstić information content (AvgIpc) is 2.22. The Bertz CT molecular complexity index is 167. The Morgan fingerprint density at radius 1 is 0.933 bits per heavy atom. The standard InChI is InChI=1S/C8H19NO6/c1-4(12)9-5(2-10)7(14)8(15)6(13)3-11/h4-15H,2-3H2,1H3/t4-,5+,6+,7+,8+/m0/s1. The monoisotopic (exact) mass is 225 g/mol. The van der Waals surface area contributed by atoms with E-state index in [0.717, 1.165) is 0 Å². The van der Waals surface area contributed by atoms with E-state index in [4.69, 9.17) is 20.4 Å². The molecule has 0 spiro atoms. The highest BCUT2D eigenvalue weighted by molar-refractivity contribution is 4.85. The van der Waals surface area contributed by atoms with Gasteiger partial charge in [-0.1, -0.05) is 0 Å². The first-order valence-corrected chi connectivity index (χ1v) is 4.64. The van der Waals surface area contributed by atoms with Crippen molar-refractivity contribution in [3.8, 4) is 0 Å². The molecule has 7 N–H and O–H groups in total. The summed E-state index contributed by atoms with van der Waals surface area (Å²) in [5.74, 6) is 0. The molecule has 92 valence electrons. The Morgan fingerprint density at radius 3 is 1.80 bits per heavy atom. The zero-order valence-corrected chi connectivity index (χ0v) is 8.48. The van der Waals surface area contributed by atoms with Crippen molar-refractivity contribution in [3.05, 3.63) is 0 Å². The summed E-state index contributed by atoms with van der Waals surface area (Å²) in [5, 5.41) is 56.6. The zero-order chi connectivity index (χ0) is 12.0. The Morgan fingerprint density at radius 2 is 1.47 bits per heavy atom. The first-order chi connectivity index (χ1) is 6.93. The zero-order valence-electron chi connectivity index (χ0n) is 8.48. The first kappa shape index (κ1) is 14.7. The third-order valence-electron chi connectivity index (χ3n) is 2.00. The average molecular weight is 225 g/mol. The minimum atomic E-state index is -1.60. The van der Waals surface area contributed by atoms with Crippen LogP contribution in [0.25, 0.3) is 0 Å². The molecule has 0 fully saturated rings. The molecule has 15 heavy (non-hydrogen) atoms. The van der Waals surface area contributed by atoms with Gasteiger partial charge in [0.1, 0.15) is 24.5 Å². The number of hydrogen-bond donors (Lipinski definition) is 7. The lowest BCUT2D eigenvalue weighted by molar-refractivity contribution is -0.0964. The van der Waals surface area contributed by atoms with E-state index in [9.17, 15) is 10.2 Å². The van der Waals surface area contributed by atoms with Crippen molar-refractivity contribution in [1.82, 2.24) is 5.32 Å². The third-order valence-corrected chi connectivity index (χ3v) is 2.00. The second-order valence-electron chi connectivity index (χ2n) is 3.36. The van der Waals surface area contributed by atoms with Crippen LogP contribution in [0, 0.1) is 0 Å². The van der Waals surface area contributed by atoms with Gasteiger partial charge in [0.2, 0.25) is 0 Å². The van der Waals surface area contributed by atoms with Crippen LogP contribution in [0.2, 0.25) is 0 Å². The van der Waals surface area contributed by atoms with Gasteiger partial charge in [-0.15, -0.1) is 0 Å². The number of aliphatic hydroxyl groups is 6. The molecule has 5 atom stereocenters. The fourth-order valence-corrected chi connectivity index (χ4v) is 1.14. The minimum Gasteiger partial charge on any atom is -0.395 e. The minimum absolute atomic E-state index is 0.527. The van der Waals surface area contributed by atoms with Gasteiger partial charge in [0, 0.05) is 0 Å². The van der Waals surface area contributed by atoms with E-state index in [1.807, 2.05) is 0 Å². The van der Waals surface area contributed by atoms with Crippen molar-refractivity contribution in [2.75, 3.05) is 13.2 Å². The summed E-state index contributed by atoms with van der Waals surface area (Å²) in [5.41, 5.74) is 0. The van der Waals surface area contributed by atoms with E-state index in [-0.39, 0.29) is 0 Å². The highest BCUT2D eigenvalue weighted by atomic mass is 16.4. The van der Waals surface area contributed by atoms with E-state index >= 15 is 0 Å². The molecule has 0 radical (unpaired) electrons. The number of nitrogens with one attached hydrogen (secondary N) is 1. The van der Waals surface area contributed by atoms with Crippen molar-refractivity contribution < 1.29 is 30.6 Å². The van der Waals surface area contributed by atoms with Crippen molar-refractivity contribution in [3.63, 3.8) is 0 Å². The molecule has 0 saturated heterocycles. The molecule has 0 aromatic heterocycles. The van der Waals surface area contributed by atoms with Gasteiger partial charge < -0.3 is 30.6 Å². The molecule has 0 heterocycles. The van der Waals surface area contributed by atoms with E-state index in [0.29, 0.717) is 0 Å². The molecule has 0 bridgehead atoms. The molecular formula is C8H19NO6. The van der Waals surface area contributed by atoms with E-state index in [1.54, 1.807) is 0 Å². The lowest BCUT2D eigenvalue weighted by atomic mass is 10.0. The quantitative estimate of drug-likeness (QED) is 0.222. The molecule has 0 aliphatic carbocycles. The highest BCUT2D eigenvalue weighted by Gasteiger charge is 2.31. The fraction of sp³-hybridized carbons (Fsp3) is 1.00. The van der Waals surface area contributed by atoms with Crippen LogP contribution in [0.15, 0.2) is 0 Å². The SMILES string of the molecule is C[C@H](O)N[C@H](CO)[C@@H](O)[C@H](O)[C@H](O)CO. The molecule has 0 aromatic rings. The normalized spacial score (nSPS) is 21.8. The van der Waals surface area contributed by atoms with Crippen LogP contribution in [0.4, 0.5) is 0 Å². The molecular weight excluding hydrogens is 206 g/mol. The maximum atomic E-state index is 9.47. The molecule has 0 aliphatic heterocycles. The largest absolute Gasteiger partial charge is 0.395 e. The van der Waals surface area contributed by atoms with E-state index in [1.165, 1.54) is 6.92 Å². The van der Waals surface area contributed by atoms with Gasteiger partial charge in [0.25, 0.3) is 0 Å². The van der Waals surface area contributed by atoms with Crippen LogP contribution in [-0.2, 0) is 0 Å². The number of aliphatic hydroxyl groups excluding tert-OH is 6. The molecule has 0 aromatic carbocycles. The van der Waals surface area contributed by atoms with Crippen molar-refractivity contribution in [2.45, 2.75) is 37.5 Å². The summed E-state index contributed by atoms with van der Waals surface area (Å²) in [6, 6.07) is -0.985. The van der Waals surface area contributed by atoms with E-state index < -0.39 is 43.8 Å². The summed E-state index contributed by atoms with van der Waals surface area (Å²) in [6.07, 6.45) is -5.56. The third kappa shape index (κ3) is 4.85. The van der Waals surface area contributed by atoms with Gasteiger partial charge in [-0.2, -0.15) is 0 Å². The number of rotatable bonds is 7. The highest BCUT2D eigenvalue weighted by Crippen LogP contribution is 2.05. The summed E-state index contributed by atoms with van der Waals surface area (Å²) >= 11 is 0. The van der Waals surface area contributed by atoms with Crippen molar-refractivity contribution >= 4 is 0 Å². The Labute approximate surface area is 87.6 Å². The van der Waals surface area contributed by atoms with Crippen LogP contribution < -0.4 is 5.32 Å². The van der Waals surface area contributed by atoms with Gasteiger partial charge in [-0.3, -0.25) is 5.32 Å². The second-order valence-corrected chi connectivity index (χ2v) is 3.36. The summed E-state index contributed by atoms with van der Waals surface area (Å²) < 4.78 is 0. The van der Waals surface area contributed by atoms with Gasteiger partial charge in [-0.25, -0.2) is 0 Å². The Hall–Kier alpha value is -0.280. The van der Waals surface area contributed by atoms with Crippen LogP contribution >= 0.6 is 0 Å². The molecule has 0 unspecified atom stereocenters. The molecule has 7 heteroatoms. The van der Waals surface area contributed by atoms with E-state index in [2.05, 4.69) is 5.32 Å². The fourth-order valence-electron chi connectivity index (χ4n) is 1.14. The Balaban J connectivity index is 4.29. The summed E-state index contributed by atoms with van der Waals surface area (Å²) in [6.45, 7) is 0.149. The molecule has 0 aliphatic rings. The van der Waals surface area contributed by atoms with Crippen LogP contribution in [0.5, 0.6) is 0 Å². The Kier molecular flexibility index (Phi) is 6.94. The number of hydrogen-bond acceptors (Lipinski definition) is 7. The van der Waals surface area contributed by atoms with Crippen LogP contribution in [0.1, 0.15) is 6.92 Å². The predicted octanol–water partition coefficient (Wildman–Crippen LogP) is -3.65. The molecule has 7 nitrogen and oxygen atoms in total. The molecule has 0 saturated carbocycles. The van der Waals surface area contributed by atoms with Crippen molar-refractivity contribution in [2.24, 2.45) is 0 Å². The van der Waals surface area contributed by atoms with Crippen LogP contribution in [-0.4, -0.2) is 74.4 Å². The maximum Gasteiger partial charge on any atom is 0.110 e. The molecule has 0 amide bonds. The van der Waals surface area contributed by atoms with Gasteiger partial charge in [-0.05, 0) is 6.92 Å². The van der Waals surface area contributed by atoms with Crippen molar-refractivity contribution in [1.29, 1.82) is 0 Å². The second kappa shape index (κ2) is 7.07. The van der Waals surface area contributed by atoms with Gasteiger partial charge >= 0.3 is 0 Å². The first-order valence-electron chi connectivity index (χ1n) is 4.64. The predicted molar refractivity (Wildman–Crippen MR) is 50.8 cm³/mol. The summed E-state index contributed by atoms with van der Waals surface area (Å²) in [4.78, 5) is 0. The van der Waals surface area contributed by atoms with Gasteiger partial charge in [0.05, 0.1) is 19.3 Å². The maximum absolute atomic E-state index is 9.47. The summed E-state index contributed by atoms with van der Waals surface area (Å²) in [7, 11) is 0. The topological polar surface area (TPSA) is 133 Å². The lowest BCUT2D eigenvalue weighted by Gasteiger charge is -2.29.